The molecule has 1 aromatic carbocycles. The summed E-state index contributed by atoms with van der Waals surface area (Å²) in [6, 6.07) is 6.94. The number of fused-ring (bicyclic) bond motifs is 2. The standard InChI is InChI=1S/C24H28FN5O2/c1-13-9-30(10-14(2)32-13)20-11-31-21-7-16(25)5-6-17(21)22(20)29-24-18-8-19(15-3-4-15)28-23(18)26-12-27-24/h5-8,12-15,20,22H,3-4,9-11H2,1-2H3,(H2,26,27,28,29)/t13-,14+,20-,22-/m0/s1. The zero-order valence-electron chi connectivity index (χ0n) is 18.3. The molecule has 7 nitrogen and oxygen atoms in total. The lowest BCUT2D eigenvalue weighted by molar-refractivity contribution is -0.0886. The lowest BCUT2D eigenvalue weighted by atomic mass is 9.93. The molecule has 0 spiro atoms. The van der Waals surface area contributed by atoms with Crippen LogP contribution in [0.4, 0.5) is 10.2 Å². The number of aromatic nitrogens is 3. The minimum absolute atomic E-state index is 0.0635. The van der Waals surface area contributed by atoms with Gasteiger partial charge in [-0.3, -0.25) is 4.90 Å². The summed E-state index contributed by atoms with van der Waals surface area (Å²) in [5.74, 6) is 1.69. The number of halogens is 1. The van der Waals surface area contributed by atoms with Crippen LogP contribution >= 0.6 is 0 Å². The van der Waals surface area contributed by atoms with Gasteiger partial charge in [0.1, 0.15) is 36.0 Å². The molecule has 4 heterocycles. The molecule has 0 unspecified atom stereocenters. The molecule has 0 amide bonds. The van der Waals surface area contributed by atoms with E-state index in [1.54, 1.807) is 6.33 Å². The predicted octanol–water partition coefficient (Wildman–Crippen LogP) is 4.00. The third kappa shape index (κ3) is 3.61. The van der Waals surface area contributed by atoms with Crippen molar-refractivity contribution in [3.63, 3.8) is 0 Å². The molecule has 2 aliphatic heterocycles. The van der Waals surface area contributed by atoms with Crippen molar-refractivity contribution in [3.8, 4) is 5.75 Å². The van der Waals surface area contributed by atoms with Gasteiger partial charge in [-0.05, 0) is 44.7 Å². The van der Waals surface area contributed by atoms with E-state index in [-0.39, 0.29) is 30.1 Å². The van der Waals surface area contributed by atoms with Crippen LogP contribution in [0, 0.1) is 5.82 Å². The summed E-state index contributed by atoms with van der Waals surface area (Å²) < 4.78 is 25.9. The number of rotatable bonds is 4. The van der Waals surface area contributed by atoms with Crippen LogP contribution in [0.25, 0.3) is 11.0 Å². The maximum absolute atomic E-state index is 13.9. The second kappa shape index (κ2) is 7.71. The Bertz CT molecular complexity index is 1140. The zero-order chi connectivity index (χ0) is 21.8. The first-order chi connectivity index (χ1) is 15.5. The topological polar surface area (TPSA) is 75.3 Å². The van der Waals surface area contributed by atoms with Crippen LogP contribution in [-0.2, 0) is 4.74 Å². The van der Waals surface area contributed by atoms with Gasteiger partial charge in [-0.15, -0.1) is 0 Å². The Morgan fingerprint density at radius 1 is 1.12 bits per heavy atom. The Labute approximate surface area is 186 Å². The predicted molar refractivity (Wildman–Crippen MR) is 119 cm³/mol. The Morgan fingerprint density at radius 2 is 1.94 bits per heavy atom. The molecule has 3 aromatic rings. The van der Waals surface area contributed by atoms with Gasteiger partial charge in [-0.2, -0.15) is 0 Å². The fraction of sp³-hybridized carbons (Fsp3) is 0.500. The van der Waals surface area contributed by atoms with E-state index < -0.39 is 0 Å². The largest absolute Gasteiger partial charge is 0.491 e. The maximum Gasteiger partial charge on any atom is 0.143 e. The molecule has 4 atom stereocenters. The third-order valence-corrected chi connectivity index (χ3v) is 6.78. The maximum atomic E-state index is 13.9. The van der Waals surface area contributed by atoms with Crippen molar-refractivity contribution in [1.82, 2.24) is 19.9 Å². The molecule has 0 radical (unpaired) electrons. The van der Waals surface area contributed by atoms with Crippen molar-refractivity contribution in [1.29, 1.82) is 0 Å². The number of aromatic amines is 1. The van der Waals surface area contributed by atoms with Gasteiger partial charge in [0.2, 0.25) is 0 Å². The first-order valence-corrected chi connectivity index (χ1v) is 11.5. The van der Waals surface area contributed by atoms with Gasteiger partial charge in [0.25, 0.3) is 0 Å². The van der Waals surface area contributed by atoms with Gasteiger partial charge in [0.15, 0.2) is 0 Å². The summed E-state index contributed by atoms with van der Waals surface area (Å²) in [6.07, 6.45) is 4.32. The van der Waals surface area contributed by atoms with E-state index in [1.807, 2.05) is 6.07 Å². The van der Waals surface area contributed by atoms with E-state index in [0.29, 0.717) is 18.3 Å². The highest BCUT2D eigenvalue weighted by Gasteiger charge is 2.39. The van der Waals surface area contributed by atoms with Crippen molar-refractivity contribution in [2.24, 2.45) is 0 Å². The zero-order valence-corrected chi connectivity index (χ0v) is 18.3. The Morgan fingerprint density at radius 3 is 2.72 bits per heavy atom. The molecule has 168 valence electrons. The Balaban J connectivity index is 1.39. The van der Waals surface area contributed by atoms with E-state index in [9.17, 15) is 4.39 Å². The third-order valence-electron chi connectivity index (χ3n) is 6.78. The number of morpholine rings is 1. The summed E-state index contributed by atoms with van der Waals surface area (Å²) >= 11 is 0. The summed E-state index contributed by atoms with van der Waals surface area (Å²) in [7, 11) is 0. The van der Waals surface area contributed by atoms with Crippen LogP contribution in [0.15, 0.2) is 30.6 Å². The van der Waals surface area contributed by atoms with Gasteiger partial charge in [0.05, 0.1) is 29.7 Å². The number of nitrogens with zero attached hydrogens (tertiary/aromatic N) is 3. The number of hydrogen-bond donors (Lipinski definition) is 2. The lowest BCUT2D eigenvalue weighted by Crippen LogP contribution is -2.56. The number of benzene rings is 1. The van der Waals surface area contributed by atoms with Crippen molar-refractivity contribution >= 4 is 16.9 Å². The molecule has 0 bridgehead atoms. The summed E-state index contributed by atoms with van der Waals surface area (Å²) in [4.78, 5) is 14.9. The van der Waals surface area contributed by atoms with Crippen LogP contribution in [0.2, 0.25) is 0 Å². The minimum atomic E-state index is -0.293. The molecule has 3 aliphatic rings. The van der Waals surface area contributed by atoms with Gasteiger partial charge >= 0.3 is 0 Å². The summed E-state index contributed by atoms with van der Waals surface area (Å²) in [5.41, 5.74) is 3.02. The van der Waals surface area contributed by atoms with E-state index >= 15 is 0 Å². The second-order valence-corrected chi connectivity index (χ2v) is 9.38. The SMILES string of the molecule is C[C@@H]1CN([C@H]2COc3cc(F)ccc3[C@@H]2Nc2ncnc3[nH]c(C4CC4)cc23)C[C@H](C)O1. The molecule has 1 aliphatic carbocycles. The second-order valence-electron chi connectivity index (χ2n) is 9.38. The molecule has 1 saturated carbocycles. The summed E-state index contributed by atoms with van der Waals surface area (Å²) in [5, 5.41) is 4.69. The van der Waals surface area contributed by atoms with Crippen molar-refractivity contribution < 1.29 is 13.9 Å². The minimum Gasteiger partial charge on any atom is -0.491 e. The van der Waals surface area contributed by atoms with Crippen LogP contribution in [0.1, 0.15) is 49.9 Å². The highest BCUT2D eigenvalue weighted by atomic mass is 19.1. The van der Waals surface area contributed by atoms with E-state index in [2.05, 4.69) is 45.1 Å². The molecular formula is C24H28FN5O2. The number of anilines is 1. The van der Waals surface area contributed by atoms with Crippen molar-refractivity contribution in [2.45, 2.75) is 56.9 Å². The van der Waals surface area contributed by atoms with Crippen LogP contribution in [0.3, 0.4) is 0 Å². The molecule has 32 heavy (non-hydrogen) atoms. The fourth-order valence-corrected chi connectivity index (χ4v) is 5.18. The van der Waals surface area contributed by atoms with Crippen molar-refractivity contribution in [2.75, 3.05) is 25.0 Å². The average Bonchev–Trinajstić information content (AvgIpc) is 3.52. The van der Waals surface area contributed by atoms with E-state index in [1.165, 1.54) is 30.7 Å². The quantitative estimate of drug-likeness (QED) is 0.643. The first-order valence-electron chi connectivity index (χ1n) is 11.5. The number of nitrogens with one attached hydrogen (secondary N) is 2. The number of ether oxygens (including phenoxy) is 2. The Hall–Kier alpha value is -2.71. The molecular weight excluding hydrogens is 409 g/mol. The van der Waals surface area contributed by atoms with E-state index in [4.69, 9.17) is 9.47 Å². The first kappa shape index (κ1) is 19.9. The molecule has 2 fully saturated rings. The molecule has 2 aromatic heterocycles. The lowest BCUT2D eigenvalue weighted by Gasteiger charge is -2.45. The van der Waals surface area contributed by atoms with E-state index in [0.717, 1.165) is 35.5 Å². The van der Waals surface area contributed by atoms with Crippen molar-refractivity contribution in [3.05, 3.63) is 47.7 Å². The van der Waals surface area contributed by atoms with Crippen LogP contribution in [0.5, 0.6) is 5.75 Å². The summed E-state index contributed by atoms with van der Waals surface area (Å²) in [6.45, 7) is 6.32. The van der Waals surface area contributed by atoms with Crippen LogP contribution < -0.4 is 10.1 Å². The number of hydrogen-bond acceptors (Lipinski definition) is 6. The highest BCUT2D eigenvalue weighted by Crippen LogP contribution is 2.42. The van der Waals surface area contributed by atoms with Crippen LogP contribution in [-0.4, -0.2) is 57.8 Å². The molecule has 8 heteroatoms. The van der Waals surface area contributed by atoms with Gasteiger partial charge in [-0.1, -0.05) is 6.07 Å². The highest BCUT2D eigenvalue weighted by molar-refractivity contribution is 5.88. The Kier molecular flexibility index (Phi) is 4.80. The molecule has 2 N–H and O–H groups in total. The van der Waals surface area contributed by atoms with Gasteiger partial charge in [-0.25, -0.2) is 14.4 Å². The van der Waals surface area contributed by atoms with Gasteiger partial charge < -0.3 is 19.8 Å². The average molecular weight is 438 g/mol. The normalized spacial score (nSPS) is 28.3. The molecule has 6 rings (SSSR count). The smallest absolute Gasteiger partial charge is 0.143 e. The fourth-order valence-electron chi connectivity index (χ4n) is 5.18. The number of H-pyrrole nitrogens is 1. The monoisotopic (exact) mass is 437 g/mol. The van der Waals surface area contributed by atoms with Gasteiger partial charge in [0, 0.05) is 30.4 Å². The molecule has 1 saturated heterocycles.